The van der Waals surface area contributed by atoms with Gasteiger partial charge in [-0.25, -0.2) is 0 Å². The van der Waals surface area contributed by atoms with Crippen molar-refractivity contribution in [2.45, 2.75) is 6.55 Å². The van der Waals surface area contributed by atoms with E-state index >= 15 is 0 Å². The lowest BCUT2D eigenvalue weighted by molar-refractivity contribution is 0.436. The molecule has 7 heteroatoms. The van der Waals surface area contributed by atoms with Crippen molar-refractivity contribution < 1.29 is 12.3 Å². The summed E-state index contributed by atoms with van der Waals surface area (Å²) in [7, 11) is 1.96. The molecule has 70 valence electrons. The maximum absolute atomic E-state index is 5.54. The van der Waals surface area contributed by atoms with E-state index in [4.69, 9.17) is 8.23 Å². The molecule has 0 aromatic heterocycles. The van der Waals surface area contributed by atoms with Crippen LogP contribution in [0, 0.1) is 0 Å². The third kappa shape index (κ3) is 4.46. The minimum absolute atomic E-state index is 0.0107. The molecule has 0 amide bonds. The molecule has 0 unspecified atom stereocenters. The Balaban J connectivity index is 2.25. The van der Waals surface area contributed by atoms with Crippen molar-refractivity contribution in [2.24, 2.45) is 0 Å². The van der Waals surface area contributed by atoms with Crippen molar-refractivity contribution in [3.05, 3.63) is 30.3 Å². The molecule has 1 aromatic carbocycles. The molecular weight excluding hydrogens is 244 g/mol. The lowest BCUT2D eigenvalue weighted by Crippen LogP contribution is -2.32. The summed E-state index contributed by atoms with van der Waals surface area (Å²) in [5, 5.41) is 1.25. The molecule has 1 aromatic rings. The Labute approximate surface area is 94.2 Å². The van der Waals surface area contributed by atoms with E-state index in [2.05, 4.69) is 33.3 Å². The standard InChI is InChI=1S/C7H8O3Si4/c1-14(10-13-9-12-8-11)7-5-3-2-4-6-7/h2-6H,1H3. The monoisotopic (exact) mass is 252 g/mol. The molecule has 0 saturated heterocycles. The van der Waals surface area contributed by atoms with Gasteiger partial charge in [-0.05, 0) is 11.7 Å². The third-order valence-electron chi connectivity index (χ3n) is 1.50. The molecule has 1 rings (SSSR count). The maximum atomic E-state index is 5.54. The summed E-state index contributed by atoms with van der Waals surface area (Å²) < 4.78 is 15.2. The van der Waals surface area contributed by atoms with E-state index < -0.39 is 9.04 Å². The minimum Gasteiger partial charge on any atom is -0.435 e. The fourth-order valence-electron chi connectivity index (χ4n) is 0.853. The van der Waals surface area contributed by atoms with Crippen molar-refractivity contribution >= 4 is 44.7 Å². The van der Waals surface area contributed by atoms with Gasteiger partial charge in [0, 0.05) is 0 Å². The number of hydrogen-bond donors (Lipinski definition) is 0. The smallest absolute Gasteiger partial charge is 0.411 e. The molecule has 0 N–H and O–H groups in total. The van der Waals surface area contributed by atoms with Gasteiger partial charge in [-0.3, -0.25) is 0 Å². The average molecular weight is 252 g/mol. The van der Waals surface area contributed by atoms with Gasteiger partial charge >= 0.3 is 20.0 Å². The van der Waals surface area contributed by atoms with Crippen molar-refractivity contribution in [1.82, 2.24) is 0 Å². The number of benzene rings is 1. The number of hydrogen-bond acceptors (Lipinski definition) is 3. The Morgan fingerprint density at radius 1 is 1.21 bits per heavy atom. The predicted molar refractivity (Wildman–Crippen MR) is 58.2 cm³/mol. The molecule has 0 fully saturated rings. The second-order valence-electron chi connectivity index (χ2n) is 2.40. The first kappa shape index (κ1) is 12.0. The lowest BCUT2D eigenvalue weighted by atomic mass is 10.4. The van der Waals surface area contributed by atoms with Crippen molar-refractivity contribution in [3.63, 3.8) is 0 Å². The molecule has 0 saturated carbocycles. The van der Waals surface area contributed by atoms with Gasteiger partial charge in [-0.1, -0.05) is 30.3 Å². The Hall–Kier alpha value is -0.0325. The molecule has 0 spiro atoms. The van der Waals surface area contributed by atoms with Crippen LogP contribution in [0.3, 0.4) is 0 Å². The zero-order valence-electron chi connectivity index (χ0n) is 7.61. The van der Waals surface area contributed by atoms with E-state index in [-0.39, 0.29) is 20.0 Å². The minimum atomic E-state index is -0.927. The Morgan fingerprint density at radius 2 is 1.93 bits per heavy atom. The summed E-state index contributed by atoms with van der Waals surface area (Å²) in [6.45, 7) is 2.09. The number of rotatable bonds is 6. The summed E-state index contributed by atoms with van der Waals surface area (Å²) in [6.07, 6.45) is 0. The highest BCUT2D eigenvalue weighted by atomic mass is 28.4. The van der Waals surface area contributed by atoms with Gasteiger partial charge in [0.05, 0.1) is 0 Å². The zero-order valence-corrected chi connectivity index (χ0v) is 11.6. The van der Waals surface area contributed by atoms with Crippen LogP contribution in [0.5, 0.6) is 0 Å². The highest BCUT2D eigenvalue weighted by molar-refractivity contribution is 6.70. The van der Waals surface area contributed by atoms with Crippen LogP contribution in [0.15, 0.2) is 30.3 Å². The van der Waals surface area contributed by atoms with Crippen molar-refractivity contribution in [1.29, 1.82) is 0 Å². The second kappa shape index (κ2) is 7.28. The van der Waals surface area contributed by atoms with E-state index in [1.54, 1.807) is 0 Å². The summed E-state index contributed by atoms with van der Waals surface area (Å²) >= 11 is 0. The Kier molecular flexibility index (Phi) is 6.26. The molecule has 0 aliphatic carbocycles. The predicted octanol–water partition coefficient (Wildman–Crippen LogP) is -0.283. The van der Waals surface area contributed by atoms with E-state index in [9.17, 15) is 0 Å². The van der Waals surface area contributed by atoms with Crippen LogP contribution >= 0.6 is 0 Å². The van der Waals surface area contributed by atoms with E-state index in [0.29, 0.717) is 0 Å². The first-order valence-corrected chi connectivity index (χ1v) is 7.83. The molecular formula is C7H8O3Si4. The van der Waals surface area contributed by atoms with E-state index in [1.165, 1.54) is 5.19 Å². The largest absolute Gasteiger partial charge is 0.435 e. The van der Waals surface area contributed by atoms with Gasteiger partial charge in [0.2, 0.25) is 19.5 Å². The van der Waals surface area contributed by atoms with Gasteiger partial charge in [0.1, 0.15) is 0 Å². The van der Waals surface area contributed by atoms with Gasteiger partial charge in [-0.2, -0.15) is 0 Å². The van der Waals surface area contributed by atoms with Gasteiger partial charge < -0.3 is 12.3 Å². The van der Waals surface area contributed by atoms with Crippen LogP contribution in [-0.4, -0.2) is 39.5 Å². The summed E-state index contributed by atoms with van der Waals surface area (Å²) in [5.41, 5.74) is 0. The molecule has 0 aliphatic rings. The summed E-state index contributed by atoms with van der Waals surface area (Å²) in [5.74, 6) is 0. The lowest BCUT2D eigenvalue weighted by Gasteiger charge is -2.08. The average Bonchev–Trinajstić information content (AvgIpc) is 2.25. The molecule has 0 aliphatic heterocycles. The fourth-order valence-corrected chi connectivity index (χ4v) is 3.71. The third-order valence-corrected chi connectivity index (χ3v) is 5.20. The molecule has 8 radical (unpaired) electrons. The van der Waals surface area contributed by atoms with Crippen LogP contribution in [0.2, 0.25) is 6.55 Å². The molecule has 3 nitrogen and oxygen atoms in total. The van der Waals surface area contributed by atoms with Crippen LogP contribution < -0.4 is 5.19 Å². The van der Waals surface area contributed by atoms with Crippen molar-refractivity contribution in [3.8, 4) is 0 Å². The van der Waals surface area contributed by atoms with Crippen LogP contribution in [-0.2, 0) is 12.3 Å². The van der Waals surface area contributed by atoms with E-state index in [0.717, 1.165) is 0 Å². The maximum Gasteiger partial charge on any atom is 0.411 e. The molecule has 14 heavy (non-hydrogen) atoms. The first-order valence-electron chi connectivity index (χ1n) is 3.89. The van der Waals surface area contributed by atoms with Gasteiger partial charge in [0.15, 0.2) is 0 Å². The van der Waals surface area contributed by atoms with Crippen LogP contribution in [0.25, 0.3) is 0 Å². The van der Waals surface area contributed by atoms with Crippen molar-refractivity contribution in [2.75, 3.05) is 0 Å². The Morgan fingerprint density at radius 3 is 2.57 bits per heavy atom. The molecule has 0 heterocycles. The zero-order chi connectivity index (χ0) is 10.2. The molecule has 0 atom stereocenters. The van der Waals surface area contributed by atoms with Crippen LogP contribution in [0.4, 0.5) is 0 Å². The summed E-state index contributed by atoms with van der Waals surface area (Å²) in [4.78, 5) is 0. The van der Waals surface area contributed by atoms with Crippen LogP contribution in [0.1, 0.15) is 0 Å². The Bertz CT molecular complexity index is 246. The SMILES string of the molecule is C[Si](O[Si]O[Si]O[Si])c1ccccc1. The first-order chi connectivity index (χ1) is 6.84. The van der Waals surface area contributed by atoms with Gasteiger partial charge in [-0.15, -0.1) is 0 Å². The fraction of sp³-hybridized carbons (Fsp3) is 0.143. The highest BCUT2D eigenvalue weighted by Gasteiger charge is 2.09. The highest BCUT2D eigenvalue weighted by Crippen LogP contribution is 1.89. The topological polar surface area (TPSA) is 27.7 Å². The molecule has 0 bridgehead atoms. The summed E-state index contributed by atoms with van der Waals surface area (Å²) in [6, 6.07) is 10.2. The van der Waals surface area contributed by atoms with E-state index in [1.807, 2.05) is 18.2 Å². The normalized spacial score (nSPS) is 10.8. The quantitative estimate of drug-likeness (QED) is 0.515. The second-order valence-corrected chi connectivity index (χ2v) is 6.87. The van der Waals surface area contributed by atoms with Gasteiger partial charge in [0.25, 0.3) is 0 Å².